The lowest BCUT2D eigenvalue weighted by Crippen LogP contribution is -2.44. The van der Waals surface area contributed by atoms with Gasteiger partial charge in [0, 0.05) is 26.1 Å². The molecule has 8 heteroatoms. The minimum atomic E-state index is 0.347. The molecule has 2 rings (SSSR count). The Kier molecular flexibility index (Phi) is 9.27. The highest BCUT2D eigenvalue weighted by molar-refractivity contribution is 5.80. The lowest BCUT2D eigenvalue weighted by atomic mass is 10.3. The van der Waals surface area contributed by atoms with Gasteiger partial charge in [-0.2, -0.15) is 0 Å². The number of hydrogen-bond acceptors (Lipinski definition) is 5. The second-order valence-electron chi connectivity index (χ2n) is 6.90. The van der Waals surface area contributed by atoms with Gasteiger partial charge < -0.3 is 24.3 Å². The first-order chi connectivity index (χ1) is 14.1. The van der Waals surface area contributed by atoms with Crippen molar-refractivity contribution in [1.29, 1.82) is 0 Å². The van der Waals surface area contributed by atoms with Gasteiger partial charge in [0.25, 0.3) is 0 Å². The maximum atomic E-state index is 5.85. The van der Waals surface area contributed by atoms with Crippen molar-refractivity contribution in [2.24, 2.45) is 4.99 Å². The third kappa shape index (κ3) is 7.29. The summed E-state index contributed by atoms with van der Waals surface area (Å²) < 4.78 is 13.1. The van der Waals surface area contributed by atoms with E-state index in [0.29, 0.717) is 19.2 Å². The quantitative estimate of drug-likeness (QED) is 0.460. The molecule has 0 aliphatic carbocycles. The van der Waals surface area contributed by atoms with Crippen LogP contribution < -0.4 is 14.8 Å². The molecular formula is C21H34N6O2. The highest BCUT2D eigenvalue weighted by Crippen LogP contribution is 2.16. The second kappa shape index (κ2) is 11.9. The van der Waals surface area contributed by atoms with E-state index in [2.05, 4.69) is 45.8 Å². The normalized spacial score (nSPS) is 12.5. The molecule has 0 amide bonds. The number of likely N-dealkylation sites (N-methyl/N-ethyl adjacent to an activating group) is 1. The first-order valence-electron chi connectivity index (χ1n) is 10.2. The Morgan fingerprint density at radius 1 is 1.24 bits per heavy atom. The van der Waals surface area contributed by atoms with Gasteiger partial charge in [-0.15, -0.1) is 10.2 Å². The summed E-state index contributed by atoms with van der Waals surface area (Å²) in [4.78, 5) is 6.89. The molecular weight excluding hydrogens is 368 g/mol. The maximum Gasteiger partial charge on any atom is 0.194 e. The Labute approximate surface area is 173 Å². The summed E-state index contributed by atoms with van der Waals surface area (Å²) in [7, 11) is 3.68. The third-order valence-corrected chi connectivity index (χ3v) is 4.72. The number of nitrogens with zero attached hydrogens (tertiary/aromatic N) is 5. The molecule has 1 aromatic carbocycles. The second-order valence-corrected chi connectivity index (χ2v) is 6.90. The highest BCUT2D eigenvalue weighted by atomic mass is 16.5. The third-order valence-electron chi connectivity index (χ3n) is 4.72. The molecule has 160 valence electrons. The summed E-state index contributed by atoms with van der Waals surface area (Å²) in [6.07, 6.45) is 3.66. The fourth-order valence-corrected chi connectivity index (χ4v) is 2.68. The molecule has 2 aromatic rings. The summed E-state index contributed by atoms with van der Waals surface area (Å²) in [6, 6.07) is 7.96. The number of ether oxygens (including phenoxy) is 2. The molecule has 0 aliphatic rings. The lowest BCUT2D eigenvalue weighted by Gasteiger charge is -2.25. The van der Waals surface area contributed by atoms with Crippen molar-refractivity contribution < 1.29 is 9.47 Å². The van der Waals surface area contributed by atoms with Crippen LogP contribution in [-0.2, 0) is 13.0 Å². The molecule has 1 atom stereocenters. The molecule has 1 N–H and O–H groups in total. The summed E-state index contributed by atoms with van der Waals surface area (Å²) in [5.41, 5.74) is 0. The van der Waals surface area contributed by atoms with Gasteiger partial charge in [-0.3, -0.25) is 4.99 Å². The average Bonchev–Trinajstić information content (AvgIpc) is 3.20. The van der Waals surface area contributed by atoms with E-state index in [-0.39, 0.29) is 0 Å². The van der Waals surface area contributed by atoms with Gasteiger partial charge in [-0.1, -0.05) is 13.8 Å². The predicted molar refractivity (Wildman–Crippen MR) is 116 cm³/mol. The Morgan fingerprint density at radius 3 is 2.62 bits per heavy atom. The number of methoxy groups -OCH3 is 1. The molecule has 1 heterocycles. The molecule has 0 saturated carbocycles. The van der Waals surface area contributed by atoms with Crippen LogP contribution in [0.3, 0.4) is 0 Å². The van der Waals surface area contributed by atoms with E-state index >= 15 is 0 Å². The summed E-state index contributed by atoms with van der Waals surface area (Å²) in [5.74, 6) is 3.51. The largest absolute Gasteiger partial charge is 0.497 e. The van der Waals surface area contributed by atoms with Crippen molar-refractivity contribution in [3.63, 3.8) is 0 Å². The van der Waals surface area contributed by atoms with Crippen LogP contribution >= 0.6 is 0 Å². The molecule has 1 unspecified atom stereocenters. The standard InChI is InChI=1S/C21H34N6O2/c1-6-17(3)24-21(22-12-13-27-16-23-25-20(27)7-2)26(4)14-15-29-19-10-8-18(28-5)9-11-19/h8-11,16-17H,6-7,12-15H2,1-5H3,(H,22,24). The number of aliphatic imine (C=N–C) groups is 1. The zero-order valence-electron chi connectivity index (χ0n) is 18.3. The summed E-state index contributed by atoms with van der Waals surface area (Å²) in [5, 5.41) is 11.6. The smallest absolute Gasteiger partial charge is 0.194 e. The summed E-state index contributed by atoms with van der Waals surface area (Å²) >= 11 is 0. The monoisotopic (exact) mass is 402 g/mol. The lowest BCUT2D eigenvalue weighted by molar-refractivity contribution is 0.280. The minimum absolute atomic E-state index is 0.347. The molecule has 8 nitrogen and oxygen atoms in total. The average molecular weight is 403 g/mol. The van der Waals surface area contributed by atoms with Crippen LogP contribution in [0.25, 0.3) is 0 Å². The van der Waals surface area contributed by atoms with Crippen molar-refractivity contribution in [3.8, 4) is 11.5 Å². The first kappa shape index (κ1) is 22.5. The van der Waals surface area contributed by atoms with E-state index in [4.69, 9.17) is 14.5 Å². The van der Waals surface area contributed by atoms with Crippen molar-refractivity contribution in [1.82, 2.24) is 25.0 Å². The van der Waals surface area contributed by atoms with Gasteiger partial charge in [0.1, 0.15) is 30.3 Å². The van der Waals surface area contributed by atoms with Crippen molar-refractivity contribution in [2.45, 2.75) is 46.2 Å². The van der Waals surface area contributed by atoms with Crippen LogP contribution in [0.1, 0.15) is 33.0 Å². The van der Waals surface area contributed by atoms with Gasteiger partial charge in [-0.05, 0) is 37.6 Å². The number of nitrogens with one attached hydrogen (secondary N) is 1. The SMILES string of the molecule is CCc1nncn1CCN=C(NC(C)CC)N(C)CCOc1ccc(OC)cc1. The predicted octanol–water partition coefficient (Wildman–Crippen LogP) is 2.60. The van der Waals surface area contributed by atoms with E-state index in [1.165, 1.54) is 0 Å². The van der Waals surface area contributed by atoms with Gasteiger partial charge in [0.05, 0.1) is 20.2 Å². The zero-order chi connectivity index (χ0) is 21.1. The number of rotatable bonds is 11. The maximum absolute atomic E-state index is 5.85. The molecule has 0 fully saturated rings. The van der Waals surface area contributed by atoms with Gasteiger partial charge >= 0.3 is 0 Å². The molecule has 0 spiro atoms. The number of aromatic nitrogens is 3. The fraction of sp³-hybridized carbons (Fsp3) is 0.571. The van der Waals surface area contributed by atoms with Crippen molar-refractivity contribution in [2.75, 3.05) is 33.9 Å². The van der Waals surface area contributed by atoms with E-state index in [1.54, 1.807) is 13.4 Å². The number of guanidine groups is 1. The summed E-state index contributed by atoms with van der Waals surface area (Å²) in [6.45, 7) is 9.11. The Balaban J connectivity index is 1.90. The fourth-order valence-electron chi connectivity index (χ4n) is 2.68. The van der Waals surface area contributed by atoms with Crippen LogP contribution in [0.2, 0.25) is 0 Å². The number of benzene rings is 1. The van der Waals surface area contributed by atoms with E-state index in [1.807, 2.05) is 31.3 Å². The van der Waals surface area contributed by atoms with Gasteiger partial charge in [0.15, 0.2) is 5.96 Å². The number of hydrogen-bond donors (Lipinski definition) is 1. The van der Waals surface area contributed by atoms with E-state index in [0.717, 1.165) is 49.2 Å². The minimum Gasteiger partial charge on any atom is -0.497 e. The van der Waals surface area contributed by atoms with Gasteiger partial charge in [-0.25, -0.2) is 0 Å². The van der Waals surface area contributed by atoms with Gasteiger partial charge in [0.2, 0.25) is 0 Å². The van der Waals surface area contributed by atoms with Crippen LogP contribution in [0.5, 0.6) is 11.5 Å². The molecule has 0 aliphatic heterocycles. The Hall–Kier alpha value is -2.77. The molecule has 0 saturated heterocycles. The van der Waals surface area contributed by atoms with Crippen LogP contribution in [0.4, 0.5) is 0 Å². The van der Waals surface area contributed by atoms with Crippen molar-refractivity contribution in [3.05, 3.63) is 36.4 Å². The topological polar surface area (TPSA) is 76.8 Å². The van der Waals surface area contributed by atoms with Crippen LogP contribution in [0.15, 0.2) is 35.6 Å². The van der Waals surface area contributed by atoms with E-state index in [9.17, 15) is 0 Å². The highest BCUT2D eigenvalue weighted by Gasteiger charge is 2.10. The van der Waals surface area contributed by atoms with Crippen LogP contribution in [0, 0.1) is 0 Å². The molecule has 1 aromatic heterocycles. The molecule has 0 radical (unpaired) electrons. The molecule has 29 heavy (non-hydrogen) atoms. The van der Waals surface area contributed by atoms with Crippen molar-refractivity contribution >= 4 is 5.96 Å². The Bertz CT molecular complexity index is 744. The van der Waals surface area contributed by atoms with E-state index < -0.39 is 0 Å². The number of aryl methyl sites for hydroxylation is 1. The zero-order valence-corrected chi connectivity index (χ0v) is 18.3. The molecule has 0 bridgehead atoms. The Morgan fingerprint density at radius 2 is 1.97 bits per heavy atom. The van der Waals surface area contributed by atoms with Crippen LogP contribution in [-0.4, -0.2) is 65.5 Å². The first-order valence-corrected chi connectivity index (χ1v) is 10.2.